The Bertz CT molecular complexity index is 795. The molecule has 1 heterocycles. The van der Waals surface area contributed by atoms with Gasteiger partial charge >= 0.3 is 5.95 Å². The van der Waals surface area contributed by atoms with Gasteiger partial charge in [-0.25, -0.2) is 4.98 Å². The van der Waals surface area contributed by atoms with E-state index in [0.29, 0.717) is 17.3 Å². The van der Waals surface area contributed by atoms with E-state index in [2.05, 4.69) is 9.98 Å². The van der Waals surface area contributed by atoms with Crippen molar-refractivity contribution >= 4 is 11.9 Å². The molecule has 0 atom stereocenters. The fourth-order valence-electron chi connectivity index (χ4n) is 1.98. The lowest BCUT2D eigenvalue weighted by Gasteiger charge is -2.01. The monoisotopic (exact) mass is 294 g/mol. The summed E-state index contributed by atoms with van der Waals surface area (Å²) in [5.41, 5.74) is 1.70. The van der Waals surface area contributed by atoms with Crippen LogP contribution < -0.4 is 4.74 Å². The van der Waals surface area contributed by atoms with Crippen molar-refractivity contribution in [3.63, 3.8) is 0 Å². The highest BCUT2D eigenvalue weighted by molar-refractivity contribution is 5.83. The van der Waals surface area contributed by atoms with Crippen LogP contribution in [0.25, 0.3) is 11.5 Å². The van der Waals surface area contributed by atoms with Gasteiger partial charge in [-0.3, -0.25) is 4.99 Å². The highest BCUT2D eigenvalue weighted by atomic mass is 16.5. The second-order valence-corrected chi connectivity index (χ2v) is 4.51. The maximum Gasteiger partial charge on any atom is 0.312 e. The summed E-state index contributed by atoms with van der Waals surface area (Å²) in [6.07, 6.45) is 1.45. The van der Waals surface area contributed by atoms with Crippen LogP contribution in [0.4, 0.5) is 5.69 Å². The van der Waals surface area contributed by atoms with Crippen LogP contribution in [0.5, 0.6) is 11.7 Å². The minimum absolute atomic E-state index is 0.266. The van der Waals surface area contributed by atoms with Crippen molar-refractivity contribution in [1.29, 1.82) is 0 Å². The fraction of sp³-hybridized carbons (Fsp3) is 0.0588. The highest BCUT2D eigenvalue weighted by Crippen LogP contribution is 2.28. The molecule has 3 rings (SSSR count). The van der Waals surface area contributed by atoms with Crippen LogP contribution in [0.1, 0.15) is 5.69 Å². The van der Waals surface area contributed by atoms with E-state index in [1.807, 2.05) is 54.6 Å². The van der Waals surface area contributed by atoms with Crippen molar-refractivity contribution in [2.24, 2.45) is 4.99 Å². The minimum atomic E-state index is -0.266. The number of aromatic nitrogens is 1. The van der Waals surface area contributed by atoms with E-state index >= 15 is 0 Å². The molecule has 1 aromatic heterocycles. The predicted molar refractivity (Wildman–Crippen MR) is 83.9 cm³/mol. The van der Waals surface area contributed by atoms with Gasteiger partial charge in [0.05, 0.1) is 13.3 Å². The third kappa shape index (κ3) is 2.83. The Morgan fingerprint density at radius 2 is 1.82 bits per heavy atom. The average molecular weight is 294 g/mol. The van der Waals surface area contributed by atoms with Gasteiger partial charge < -0.3 is 14.3 Å². The molecule has 0 fully saturated rings. The second-order valence-electron chi connectivity index (χ2n) is 4.51. The molecule has 1 N–H and O–H groups in total. The molecule has 0 amide bonds. The molecule has 0 radical (unpaired) electrons. The molecule has 0 aliphatic heterocycles. The van der Waals surface area contributed by atoms with E-state index in [1.54, 1.807) is 7.11 Å². The first-order valence-electron chi connectivity index (χ1n) is 6.70. The number of hydrogen-bond donors (Lipinski definition) is 1. The largest absolute Gasteiger partial charge is 0.494 e. The highest BCUT2D eigenvalue weighted by Gasteiger charge is 2.12. The Balaban J connectivity index is 1.90. The summed E-state index contributed by atoms with van der Waals surface area (Å²) in [6, 6.07) is 16.7. The van der Waals surface area contributed by atoms with Crippen LogP contribution in [0.15, 0.2) is 64.0 Å². The number of hydrogen-bond acceptors (Lipinski definition) is 5. The van der Waals surface area contributed by atoms with Gasteiger partial charge in [0, 0.05) is 5.56 Å². The fourth-order valence-corrected chi connectivity index (χ4v) is 1.98. The van der Waals surface area contributed by atoms with Crippen molar-refractivity contribution in [1.82, 2.24) is 4.98 Å². The molecular formula is C17H14N2O3. The van der Waals surface area contributed by atoms with Gasteiger partial charge in [0.1, 0.15) is 11.4 Å². The quantitative estimate of drug-likeness (QED) is 0.743. The predicted octanol–water partition coefficient (Wildman–Crippen LogP) is 3.81. The summed E-state index contributed by atoms with van der Waals surface area (Å²) in [4.78, 5) is 8.53. The number of aromatic hydroxyl groups is 1. The molecule has 5 heteroatoms. The number of para-hydroxylation sites is 2. The van der Waals surface area contributed by atoms with Crippen LogP contribution in [-0.2, 0) is 0 Å². The topological polar surface area (TPSA) is 67.9 Å². The lowest BCUT2D eigenvalue weighted by Crippen LogP contribution is -1.85. The van der Waals surface area contributed by atoms with Gasteiger partial charge in [0.25, 0.3) is 0 Å². The summed E-state index contributed by atoms with van der Waals surface area (Å²) < 4.78 is 10.5. The van der Waals surface area contributed by atoms with Crippen molar-refractivity contribution < 1.29 is 14.3 Å². The van der Waals surface area contributed by atoms with E-state index in [4.69, 9.17) is 9.15 Å². The SMILES string of the molecule is COc1ccccc1N=Cc1nc(-c2ccccc2)oc1O. The summed E-state index contributed by atoms with van der Waals surface area (Å²) in [7, 11) is 1.58. The van der Waals surface area contributed by atoms with Crippen LogP contribution in [-0.4, -0.2) is 23.4 Å². The molecule has 0 aliphatic rings. The van der Waals surface area contributed by atoms with Crippen molar-refractivity contribution in [3.05, 3.63) is 60.3 Å². The lowest BCUT2D eigenvalue weighted by molar-refractivity contribution is 0.337. The molecule has 0 bridgehead atoms. The maximum atomic E-state index is 9.85. The summed E-state index contributed by atoms with van der Waals surface area (Å²) >= 11 is 0. The van der Waals surface area contributed by atoms with Crippen LogP contribution in [0, 0.1) is 0 Å². The number of ether oxygens (including phenoxy) is 1. The normalized spacial score (nSPS) is 11.0. The molecular weight excluding hydrogens is 280 g/mol. The molecule has 0 spiro atoms. The molecule has 5 nitrogen and oxygen atoms in total. The standard InChI is InChI=1S/C17H14N2O3/c1-21-15-10-6-5-9-13(15)18-11-14-17(20)22-16(19-14)12-7-3-2-4-8-12/h2-11,20H,1H3. The van der Waals surface area contributed by atoms with Crippen molar-refractivity contribution in [2.45, 2.75) is 0 Å². The summed E-state index contributed by atoms with van der Waals surface area (Å²) in [6.45, 7) is 0. The number of rotatable bonds is 4. The van der Waals surface area contributed by atoms with Crippen molar-refractivity contribution in [2.75, 3.05) is 7.11 Å². The van der Waals surface area contributed by atoms with E-state index in [9.17, 15) is 5.11 Å². The third-order valence-electron chi connectivity index (χ3n) is 3.07. The Morgan fingerprint density at radius 3 is 2.59 bits per heavy atom. The van der Waals surface area contributed by atoms with Gasteiger partial charge in [-0.15, -0.1) is 0 Å². The molecule has 3 aromatic rings. The van der Waals surface area contributed by atoms with E-state index < -0.39 is 0 Å². The minimum Gasteiger partial charge on any atom is -0.494 e. The second kappa shape index (κ2) is 6.13. The first kappa shape index (κ1) is 13.9. The molecule has 0 unspecified atom stereocenters. The van der Waals surface area contributed by atoms with E-state index in [-0.39, 0.29) is 11.6 Å². The van der Waals surface area contributed by atoms with Gasteiger partial charge in [-0.2, -0.15) is 0 Å². The molecule has 0 aliphatic carbocycles. The van der Waals surface area contributed by atoms with E-state index in [0.717, 1.165) is 5.56 Å². The van der Waals surface area contributed by atoms with Crippen LogP contribution in [0.3, 0.4) is 0 Å². The Kier molecular flexibility index (Phi) is 3.87. The first-order chi connectivity index (χ1) is 10.8. The molecule has 110 valence electrons. The van der Waals surface area contributed by atoms with Crippen LogP contribution >= 0.6 is 0 Å². The zero-order chi connectivity index (χ0) is 15.4. The van der Waals surface area contributed by atoms with Crippen LogP contribution in [0.2, 0.25) is 0 Å². The third-order valence-corrected chi connectivity index (χ3v) is 3.07. The van der Waals surface area contributed by atoms with Gasteiger partial charge in [0.2, 0.25) is 5.89 Å². The smallest absolute Gasteiger partial charge is 0.312 e. The molecule has 22 heavy (non-hydrogen) atoms. The van der Waals surface area contributed by atoms with E-state index in [1.165, 1.54) is 6.21 Å². The number of oxazole rings is 1. The molecule has 0 saturated carbocycles. The maximum absolute atomic E-state index is 9.85. The molecule has 2 aromatic carbocycles. The van der Waals surface area contributed by atoms with Gasteiger partial charge in [0.15, 0.2) is 5.69 Å². The van der Waals surface area contributed by atoms with Crippen molar-refractivity contribution in [3.8, 4) is 23.1 Å². The zero-order valence-electron chi connectivity index (χ0n) is 11.9. The zero-order valence-corrected chi connectivity index (χ0v) is 11.9. The van der Waals surface area contributed by atoms with Gasteiger partial charge in [-0.05, 0) is 24.3 Å². The Labute approximate surface area is 127 Å². The average Bonchev–Trinajstić information content (AvgIpc) is 2.95. The number of nitrogens with zero attached hydrogens (tertiary/aromatic N) is 2. The Morgan fingerprint density at radius 1 is 1.09 bits per heavy atom. The summed E-state index contributed by atoms with van der Waals surface area (Å²) in [5.74, 6) is 0.724. The van der Waals surface area contributed by atoms with Gasteiger partial charge in [-0.1, -0.05) is 30.3 Å². The first-order valence-corrected chi connectivity index (χ1v) is 6.70. The number of aliphatic imine (C=N–C) groups is 1. The number of methoxy groups -OCH3 is 1. The lowest BCUT2D eigenvalue weighted by atomic mass is 10.2. The number of benzene rings is 2. The summed E-state index contributed by atoms with van der Waals surface area (Å²) in [5, 5.41) is 9.85. The Hall–Kier alpha value is -3.08. The molecule has 0 saturated heterocycles.